The molecule has 0 saturated carbocycles. The van der Waals surface area contributed by atoms with Gasteiger partial charge in [-0.3, -0.25) is 0 Å². The highest BCUT2D eigenvalue weighted by Gasteiger charge is 2.10. The number of nitrogens with zero attached hydrogens (tertiary/aromatic N) is 1. The molecule has 1 aromatic heterocycles. The zero-order chi connectivity index (χ0) is 19.6. The van der Waals surface area contributed by atoms with Gasteiger partial charge in [-0.25, -0.2) is 13.4 Å². The van der Waals surface area contributed by atoms with Crippen LogP contribution in [0.2, 0.25) is 0 Å². The van der Waals surface area contributed by atoms with E-state index in [2.05, 4.69) is 0 Å². The Morgan fingerprint density at radius 3 is 1.46 bits per heavy atom. The highest BCUT2D eigenvalue weighted by Crippen LogP contribution is 2.30. The summed E-state index contributed by atoms with van der Waals surface area (Å²) < 4.78 is 23.5. The topological polar surface area (TPSA) is 47.0 Å². The minimum atomic E-state index is -3.22. The zero-order valence-corrected chi connectivity index (χ0v) is 16.2. The minimum absolute atomic E-state index is 0.317. The summed E-state index contributed by atoms with van der Waals surface area (Å²) in [6.45, 7) is 0. The zero-order valence-electron chi connectivity index (χ0n) is 15.4. The Labute approximate surface area is 165 Å². The molecule has 0 aliphatic rings. The predicted molar refractivity (Wildman–Crippen MR) is 114 cm³/mol. The lowest BCUT2D eigenvalue weighted by Crippen LogP contribution is -1.96. The largest absolute Gasteiger partial charge is 0.248 e. The molecule has 4 aromatic rings. The average molecular weight is 385 g/mol. The Morgan fingerprint density at radius 1 is 0.571 bits per heavy atom. The number of pyridine rings is 1. The Balaban J connectivity index is 1.87. The molecule has 3 aromatic carbocycles. The van der Waals surface area contributed by atoms with Crippen LogP contribution < -0.4 is 0 Å². The molecule has 0 saturated heterocycles. The lowest BCUT2D eigenvalue weighted by atomic mass is 10.00. The summed E-state index contributed by atoms with van der Waals surface area (Å²) in [5.74, 6) is 0. The molecule has 28 heavy (non-hydrogen) atoms. The van der Waals surface area contributed by atoms with E-state index in [-0.39, 0.29) is 0 Å². The Hall–Kier alpha value is -3.24. The van der Waals surface area contributed by atoms with Crippen LogP contribution in [-0.2, 0) is 9.84 Å². The second-order valence-corrected chi connectivity index (χ2v) is 8.67. The fourth-order valence-electron chi connectivity index (χ4n) is 3.11. The summed E-state index contributed by atoms with van der Waals surface area (Å²) >= 11 is 0. The first-order chi connectivity index (χ1) is 13.5. The Morgan fingerprint density at radius 2 is 1.04 bits per heavy atom. The molecule has 4 rings (SSSR count). The molecule has 4 heteroatoms. The van der Waals surface area contributed by atoms with Crippen LogP contribution in [0.3, 0.4) is 0 Å². The fraction of sp³-hybridized carbons (Fsp3) is 0.0417. The van der Waals surface area contributed by atoms with Gasteiger partial charge < -0.3 is 0 Å². The first-order valence-corrected chi connectivity index (χ1v) is 10.8. The van der Waals surface area contributed by atoms with Crippen LogP contribution in [0.1, 0.15) is 0 Å². The molecule has 0 unspecified atom stereocenters. The van der Waals surface area contributed by atoms with E-state index in [0.29, 0.717) is 4.90 Å². The van der Waals surface area contributed by atoms with Crippen molar-refractivity contribution in [2.75, 3.05) is 6.26 Å². The number of hydrogen-bond acceptors (Lipinski definition) is 3. The van der Waals surface area contributed by atoms with Gasteiger partial charge in [0.2, 0.25) is 0 Å². The van der Waals surface area contributed by atoms with E-state index in [1.54, 1.807) is 12.1 Å². The molecule has 0 atom stereocenters. The number of aromatic nitrogens is 1. The van der Waals surface area contributed by atoms with Crippen LogP contribution in [-0.4, -0.2) is 19.7 Å². The molecule has 1 heterocycles. The van der Waals surface area contributed by atoms with Crippen molar-refractivity contribution in [2.24, 2.45) is 0 Å². The first kappa shape index (κ1) is 18.1. The van der Waals surface area contributed by atoms with Gasteiger partial charge in [0.15, 0.2) is 9.84 Å². The van der Waals surface area contributed by atoms with Gasteiger partial charge in [0.25, 0.3) is 0 Å². The van der Waals surface area contributed by atoms with Crippen LogP contribution in [0.15, 0.2) is 102 Å². The third-order valence-electron chi connectivity index (χ3n) is 4.58. The van der Waals surface area contributed by atoms with Gasteiger partial charge in [-0.15, -0.1) is 0 Å². The SMILES string of the molecule is CS(=O)(=O)c1ccc(-c2cc(-c3ccccc3)nc(-c3ccccc3)c2)cc1. The number of hydrogen-bond donors (Lipinski definition) is 0. The third-order valence-corrected chi connectivity index (χ3v) is 5.71. The van der Waals surface area contributed by atoms with E-state index in [1.165, 1.54) is 6.26 Å². The first-order valence-electron chi connectivity index (χ1n) is 8.94. The van der Waals surface area contributed by atoms with Crippen molar-refractivity contribution in [1.29, 1.82) is 0 Å². The normalized spacial score (nSPS) is 11.3. The molecule has 0 N–H and O–H groups in total. The van der Waals surface area contributed by atoms with Crippen LogP contribution in [0, 0.1) is 0 Å². The van der Waals surface area contributed by atoms with Crippen molar-refractivity contribution in [3.63, 3.8) is 0 Å². The summed E-state index contributed by atoms with van der Waals surface area (Å²) in [6.07, 6.45) is 1.22. The van der Waals surface area contributed by atoms with E-state index < -0.39 is 9.84 Å². The van der Waals surface area contributed by atoms with Gasteiger partial charge in [-0.2, -0.15) is 0 Å². The lowest BCUT2D eigenvalue weighted by molar-refractivity contribution is 0.602. The van der Waals surface area contributed by atoms with E-state index >= 15 is 0 Å². The van der Waals surface area contributed by atoms with Crippen molar-refractivity contribution in [2.45, 2.75) is 4.90 Å². The maximum absolute atomic E-state index is 11.7. The smallest absolute Gasteiger partial charge is 0.175 e. The third kappa shape index (κ3) is 3.87. The second-order valence-electron chi connectivity index (χ2n) is 6.65. The molecule has 0 spiro atoms. The number of sulfone groups is 1. The summed E-state index contributed by atoms with van der Waals surface area (Å²) in [7, 11) is -3.22. The average Bonchev–Trinajstić information content (AvgIpc) is 2.74. The van der Waals surface area contributed by atoms with Crippen molar-refractivity contribution in [1.82, 2.24) is 4.98 Å². The molecule has 0 bridgehead atoms. The standard InChI is InChI=1S/C24H19NO2S/c1-28(26,27)22-14-12-18(13-15-22)21-16-23(19-8-4-2-5-9-19)25-24(17-21)20-10-6-3-7-11-20/h2-17H,1H3. The molecule has 0 fully saturated rings. The summed E-state index contributed by atoms with van der Waals surface area (Å²) in [5, 5.41) is 0. The predicted octanol–water partition coefficient (Wildman–Crippen LogP) is 5.49. The van der Waals surface area contributed by atoms with Gasteiger partial charge in [0, 0.05) is 17.4 Å². The van der Waals surface area contributed by atoms with Crippen LogP contribution in [0.25, 0.3) is 33.6 Å². The van der Waals surface area contributed by atoms with E-state index in [9.17, 15) is 8.42 Å². The Bertz CT molecular complexity index is 1140. The molecule has 0 amide bonds. The van der Waals surface area contributed by atoms with Crippen LogP contribution in [0.5, 0.6) is 0 Å². The highest BCUT2D eigenvalue weighted by molar-refractivity contribution is 7.90. The van der Waals surface area contributed by atoms with Crippen LogP contribution >= 0.6 is 0 Å². The van der Waals surface area contributed by atoms with E-state index in [1.807, 2.05) is 84.9 Å². The highest BCUT2D eigenvalue weighted by atomic mass is 32.2. The Kier molecular flexibility index (Phi) is 4.80. The van der Waals surface area contributed by atoms with Crippen molar-refractivity contribution < 1.29 is 8.42 Å². The van der Waals surface area contributed by atoms with Gasteiger partial charge >= 0.3 is 0 Å². The van der Waals surface area contributed by atoms with Crippen LogP contribution in [0.4, 0.5) is 0 Å². The summed E-state index contributed by atoms with van der Waals surface area (Å²) in [6, 6.07) is 31.1. The van der Waals surface area contributed by atoms with Gasteiger partial charge in [-0.1, -0.05) is 72.8 Å². The monoisotopic (exact) mass is 385 g/mol. The second kappa shape index (κ2) is 7.41. The van der Waals surface area contributed by atoms with Gasteiger partial charge in [0.1, 0.15) is 0 Å². The molecule has 0 aliphatic carbocycles. The van der Waals surface area contributed by atoms with Crippen molar-refractivity contribution >= 4 is 9.84 Å². The van der Waals surface area contributed by atoms with Gasteiger partial charge in [0.05, 0.1) is 16.3 Å². The minimum Gasteiger partial charge on any atom is -0.248 e. The molecule has 138 valence electrons. The molecule has 0 radical (unpaired) electrons. The molecule has 3 nitrogen and oxygen atoms in total. The molecular weight excluding hydrogens is 366 g/mol. The van der Waals surface area contributed by atoms with E-state index in [4.69, 9.17) is 4.98 Å². The number of rotatable bonds is 4. The number of benzene rings is 3. The molecular formula is C24H19NO2S. The maximum Gasteiger partial charge on any atom is 0.175 e. The lowest BCUT2D eigenvalue weighted by Gasteiger charge is -2.10. The maximum atomic E-state index is 11.7. The summed E-state index contributed by atoms with van der Waals surface area (Å²) in [5.41, 5.74) is 5.77. The van der Waals surface area contributed by atoms with E-state index in [0.717, 1.165) is 33.6 Å². The van der Waals surface area contributed by atoms with Gasteiger partial charge in [-0.05, 0) is 35.4 Å². The fourth-order valence-corrected chi connectivity index (χ4v) is 3.74. The van der Waals surface area contributed by atoms with Crippen molar-refractivity contribution in [3.8, 4) is 33.6 Å². The molecule has 0 aliphatic heterocycles. The quantitative estimate of drug-likeness (QED) is 0.467. The van der Waals surface area contributed by atoms with Crippen molar-refractivity contribution in [3.05, 3.63) is 97.1 Å². The summed E-state index contributed by atoms with van der Waals surface area (Å²) in [4.78, 5) is 5.18.